The van der Waals surface area contributed by atoms with Gasteiger partial charge in [-0.2, -0.15) is 5.10 Å². The topological polar surface area (TPSA) is 24.3 Å². The van der Waals surface area contributed by atoms with Gasteiger partial charge in [0.25, 0.3) is 0 Å². The summed E-state index contributed by atoms with van der Waals surface area (Å²) in [5.41, 5.74) is 2.83. The second-order valence-corrected chi connectivity index (χ2v) is 8.38. The van der Waals surface area contributed by atoms with Gasteiger partial charge in [0.15, 0.2) is 0 Å². The lowest BCUT2D eigenvalue weighted by Crippen LogP contribution is -2.37. The standard InChI is InChI=1S/C20H34N4/c1-20(2,3)24-17-19(16-21-24)18-8-12-23(13-9-18)15-14-22-10-6-4-5-7-11-22/h8,16-17H,4-7,9-15H2,1-3H3. The molecule has 1 aromatic rings. The number of nitrogens with zero attached hydrogens (tertiary/aromatic N) is 4. The Morgan fingerprint density at radius 3 is 2.25 bits per heavy atom. The summed E-state index contributed by atoms with van der Waals surface area (Å²) < 4.78 is 2.08. The van der Waals surface area contributed by atoms with Crippen LogP contribution in [0.25, 0.3) is 5.57 Å². The summed E-state index contributed by atoms with van der Waals surface area (Å²) in [6, 6.07) is 0. The highest BCUT2D eigenvalue weighted by Gasteiger charge is 2.18. The molecule has 134 valence electrons. The van der Waals surface area contributed by atoms with Crippen molar-refractivity contribution in [1.29, 1.82) is 0 Å². The van der Waals surface area contributed by atoms with E-state index in [0.29, 0.717) is 0 Å². The second-order valence-electron chi connectivity index (χ2n) is 8.38. The zero-order valence-electron chi connectivity index (χ0n) is 15.8. The van der Waals surface area contributed by atoms with E-state index < -0.39 is 0 Å². The monoisotopic (exact) mass is 330 g/mol. The van der Waals surface area contributed by atoms with Gasteiger partial charge in [0.2, 0.25) is 0 Å². The molecule has 0 radical (unpaired) electrons. The summed E-state index contributed by atoms with van der Waals surface area (Å²) in [5.74, 6) is 0. The first kappa shape index (κ1) is 17.7. The highest BCUT2D eigenvalue weighted by molar-refractivity contribution is 5.65. The van der Waals surface area contributed by atoms with Crippen molar-refractivity contribution in [3.63, 3.8) is 0 Å². The van der Waals surface area contributed by atoms with Crippen LogP contribution in [0.4, 0.5) is 0 Å². The maximum absolute atomic E-state index is 4.54. The summed E-state index contributed by atoms with van der Waals surface area (Å²) in [6.07, 6.45) is 13.4. The lowest BCUT2D eigenvalue weighted by atomic mass is 10.0. The summed E-state index contributed by atoms with van der Waals surface area (Å²) in [5, 5.41) is 4.54. The normalized spacial score (nSPS) is 21.5. The Bertz CT molecular complexity index is 544. The maximum Gasteiger partial charge on any atom is 0.0565 e. The first-order valence-corrected chi connectivity index (χ1v) is 9.72. The fourth-order valence-electron chi connectivity index (χ4n) is 3.67. The fourth-order valence-corrected chi connectivity index (χ4v) is 3.67. The van der Waals surface area contributed by atoms with E-state index >= 15 is 0 Å². The SMILES string of the molecule is CC(C)(C)n1cc(C2=CCN(CCN3CCCCCC3)CC2)cn1. The Morgan fingerprint density at radius 2 is 1.67 bits per heavy atom. The van der Waals surface area contributed by atoms with E-state index in [1.807, 2.05) is 6.20 Å². The first-order valence-electron chi connectivity index (χ1n) is 9.72. The van der Waals surface area contributed by atoms with Crippen molar-refractivity contribution in [3.05, 3.63) is 24.0 Å². The third-order valence-electron chi connectivity index (χ3n) is 5.37. The highest BCUT2D eigenvalue weighted by atomic mass is 15.3. The Morgan fingerprint density at radius 1 is 0.958 bits per heavy atom. The van der Waals surface area contributed by atoms with Crippen LogP contribution in [-0.2, 0) is 5.54 Å². The number of aromatic nitrogens is 2. The van der Waals surface area contributed by atoms with Crippen molar-refractivity contribution in [2.24, 2.45) is 0 Å². The van der Waals surface area contributed by atoms with Gasteiger partial charge < -0.3 is 4.90 Å². The second kappa shape index (κ2) is 7.83. The van der Waals surface area contributed by atoms with Gasteiger partial charge in [-0.3, -0.25) is 9.58 Å². The summed E-state index contributed by atoms with van der Waals surface area (Å²) in [4.78, 5) is 5.27. The van der Waals surface area contributed by atoms with E-state index in [9.17, 15) is 0 Å². The van der Waals surface area contributed by atoms with Crippen LogP contribution in [0.5, 0.6) is 0 Å². The molecule has 1 aromatic heterocycles. The third kappa shape index (κ3) is 4.70. The van der Waals surface area contributed by atoms with Crippen molar-refractivity contribution in [2.75, 3.05) is 39.3 Å². The zero-order valence-corrected chi connectivity index (χ0v) is 15.8. The van der Waals surface area contributed by atoms with Gasteiger partial charge in [-0.1, -0.05) is 18.9 Å². The van der Waals surface area contributed by atoms with Gasteiger partial charge in [0.1, 0.15) is 0 Å². The number of rotatable bonds is 4. The van der Waals surface area contributed by atoms with Crippen molar-refractivity contribution < 1.29 is 0 Å². The molecule has 24 heavy (non-hydrogen) atoms. The molecule has 0 atom stereocenters. The Hall–Kier alpha value is -1.13. The lowest BCUT2D eigenvalue weighted by Gasteiger charge is -2.29. The van der Waals surface area contributed by atoms with E-state index in [1.54, 1.807) is 0 Å². The van der Waals surface area contributed by atoms with Gasteiger partial charge in [0, 0.05) is 37.9 Å². The van der Waals surface area contributed by atoms with Crippen LogP contribution in [0.2, 0.25) is 0 Å². The average Bonchev–Trinajstić information content (AvgIpc) is 2.92. The largest absolute Gasteiger partial charge is 0.302 e. The predicted molar refractivity (Wildman–Crippen MR) is 101 cm³/mol. The van der Waals surface area contributed by atoms with Gasteiger partial charge in [-0.15, -0.1) is 0 Å². The quantitative estimate of drug-likeness (QED) is 0.843. The molecule has 0 bridgehead atoms. The zero-order chi connectivity index (χ0) is 17.0. The Balaban J connectivity index is 1.49. The summed E-state index contributed by atoms with van der Waals surface area (Å²) in [7, 11) is 0. The van der Waals surface area contributed by atoms with Crippen molar-refractivity contribution in [1.82, 2.24) is 19.6 Å². The molecule has 3 heterocycles. The smallest absolute Gasteiger partial charge is 0.0565 e. The fraction of sp³-hybridized carbons (Fsp3) is 0.750. The minimum atomic E-state index is 0.0622. The minimum Gasteiger partial charge on any atom is -0.302 e. The number of hydrogen-bond donors (Lipinski definition) is 0. The molecule has 0 unspecified atom stereocenters. The van der Waals surface area contributed by atoms with Crippen LogP contribution in [0.1, 0.15) is 58.4 Å². The summed E-state index contributed by atoms with van der Waals surface area (Å²) >= 11 is 0. The van der Waals surface area contributed by atoms with Crippen LogP contribution >= 0.6 is 0 Å². The molecule has 4 heteroatoms. The molecule has 1 fully saturated rings. The Kier molecular flexibility index (Phi) is 5.77. The third-order valence-corrected chi connectivity index (χ3v) is 5.37. The molecule has 1 saturated heterocycles. The Labute approximate surface area is 147 Å². The molecular weight excluding hydrogens is 296 g/mol. The molecule has 0 amide bonds. The molecule has 0 aliphatic carbocycles. The molecular formula is C20H34N4. The van der Waals surface area contributed by atoms with Crippen LogP contribution in [0, 0.1) is 0 Å². The van der Waals surface area contributed by atoms with Crippen molar-refractivity contribution in [3.8, 4) is 0 Å². The van der Waals surface area contributed by atoms with E-state index in [1.165, 1.54) is 69.5 Å². The molecule has 2 aliphatic rings. The average molecular weight is 331 g/mol. The molecule has 0 spiro atoms. The molecule has 0 saturated carbocycles. The van der Waals surface area contributed by atoms with Gasteiger partial charge in [-0.05, 0) is 58.7 Å². The lowest BCUT2D eigenvalue weighted by molar-refractivity contribution is 0.218. The van der Waals surface area contributed by atoms with Gasteiger partial charge in [-0.25, -0.2) is 0 Å². The highest BCUT2D eigenvalue weighted by Crippen LogP contribution is 2.24. The van der Waals surface area contributed by atoms with E-state index in [4.69, 9.17) is 0 Å². The van der Waals surface area contributed by atoms with Crippen molar-refractivity contribution >= 4 is 5.57 Å². The molecule has 3 rings (SSSR count). The summed E-state index contributed by atoms with van der Waals surface area (Å²) in [6.45, 7) is 13.9. The van der Waals surface area contributed by atoms with Gasteiger partial charge >= 0.3 is 0 Å². The number of hydrogen-bond acceptors (Lipinski definition) is 3. The molecule has 0 N–H and O–H groups in total. The first-order chi connectivity index (χ1) is 11.5. The number of likely N-dealkylation sites (tertiary alicyclic amines) is 1. The minimum absolute atomic E-state index is 0.0622. The van der Waals surface area contributed by atoms with Gasteiger partial charge in [0.05, 0.1) is 11.7 Å². The van der Waals surface area contributed by atoms with E-state index in [2.05, 4.69) is 52.6 Å². The van der Waals surface area contributed by atoms with Crippen LogP contribution in [0.15, 0.2) is 18.5 Å². The van der Waals surface area contributed by atoms with Crippen LogP contribution < -0.4 is 0 Å². The molecule has 4 nitrogen and oxygen atoms in total. The van der Waals surface area contributed by atoms with Crippen LogP contribution in [-0.4, -0.2) is 58.8 Å². The van der Waals surface area contributed by atoms with Crippen molar-refractivity contribution in [2.45, 2.75) is 58.4 Å². The predicted octanol–water partition coefficient (Wildman–Crippen LogP) is 3.60. The molecule has 2 aliphatic heterocycles. The van der Waals surface area contributed by atoms with E-state index in [0.717, 1.165) is 13.0 Å². The molecule has 0 aromatic carbocycles. The van der Waals surface area contributed by atoms with E-state index in [-0.39, 0.29) is 5.54 Å². The van der Waals surface area contributed by atoms with Crippen LogP contribution in [0.3, 0.4) is 0 Å². The maximum atomic E-state index is 4.54.